The number of halogens is 5. The van der Waals surface area contributed by atoms with Crippen molar-refractivity contribution < 1.29 is 13.5 Å². The Morgan fingerprint density at radius 2 is 1.68 bits per heavy atom. The molecule has 0 radical (unpaired) electrons. The molecule has 0 aliphatic rings. The van der Waals surface area contributed by atoms with Crippen LogP contribution in [0.5, 0.6) is 5.88 Å². The van der Waals surface area contributed by atoms with E-state index < -0.39 is 6.61 Å². The normalized spacial score (nSPS) is 10.8. The molecule has 0 spiro atoms. The van der Waals surface area contributed by atoms with Crippen LogP contribution in [-0.4, -0.2) is 11.6 Å². The van der Waals surface area contributed by atoms with Gasteiger partial charge in [0, 0.05) is 27.4 Å². The zero-order valence-corrected chi connectivity index (χ0v) is 11.5. The van der Waals surface area contributed by atoms with Crippen LogP contribution < -0.4 is 4.74 Å². The van der Waals surface area contributed by atoms with Crippen LogP contribution in [0.1, 0.15) is 0 Å². The Morgan fingerprint density at radius 3 is 2.37 bits per heavy atom. The van der Waals surface area contributed by atoms with Crippen LogP contribution in [-0.2, 0) is 0 Å². The third kappa shape index (κ3) is 3.47. The van der Waals surface area contributed by atoms with Crippen LogP contribution >= 0.6 is 34.8 Å². The minimum absolute atomic E-state index is 0.250. The van der Waals surface area contributed by atoms with Crippen molar-refractivity contribution in [2.24, 2.45) is 0 Å². The van der Waals surface area contributed by atoms with Gasteiger partial charge in [-0.15, -0.1) is 0 Å². The Labute approximate surface area is 122 Å². The molecule has 0 bridgehead atoms. The summed E-state index contributed by atoms with van der Waals surface area (Å²) >= 11 is 17.7. The van der Waals surface area contributed by atoms with E-state index >= 15 is 0 Å². The monoisotopic (exact) mass is 323 g/mol. The van der Waals surface area contributed by atoms with Crippen LogP contribution in [0.25, 0.3) is 11.1 Å². The van der Waals surface area contributed by atoms with Gasteiger partial charge in [0.2, 0.25) is 5.88 Å². The van der Waals surface area contributed by atoms with Crippen molar-refractivity contribution in [3.63, 3.8) is 0 Å². The molecule has 0 N–H and O–H groups in total. The highest BCUT2D eigenvalue weighted by Gasteiger charge is 2.16. The SMILES string of the molecule is FC(F)Oc1ncc(Cl)cc1-c1cc(Cl)ccc1Cl. The number of nitrogens with zero attached hydrogens (tertiary/aromatic N) is 1. The van der Waals surface area contributed by atoms with E-state index in [1.807, 2.05) is 0 Å². The lowest BCUT2D eigenvalue weighted by molar-refractivity contribution is -0.0524. The first-order valence-electron chi connectivity index (χ1n) is 5.03. The van der Waals surface area contributed by atoms with Gasteiger partial charge in [-0.2, -0.15) is 8.78 Å². The molecule has 0 amide bonds. The molecule has 7 heteroatoms. The predicted molar refractivity (Wildman–Crippen MR) is 71.3 cm³/mol. The fourth-order valence-electron chi connectivity index (χ4n) is 1.50. The van der Waals surface area contributed by atoms with Gasteiger partial charge in [-0.05, 0) is 24.3 Å². The van der Waals surface area contributed by atoms with E-state index in [9.17, 15) is 8.78 Å². The lowest BCUT2D eigenvalue weighted by atomic mass is 10.1. The van der Waals surface area contributed by atoms with Gasteiger partial charge in [0.1, 0.15) is 0 Å². The molecule has 1 aromatic heterocycles. The number of ether oxygens (including phenoxy) is 1. The highest BCUT2D eigenvalue weighted by molar-refractivity contribution is 6.35. The molecular formula is C12H6Cl3F2NO. The van der Waals surface area contributed by atoms with Gasteiger partial charge in [0.25, 0.3) is 0 Å². The third-order valence-corrected chi connectivity index (χ3v) is 3.01. The van der Waals surface area contributed by atoms with Gasteiger partial charge >= 0.3 is 6.61 Å². The Bertz CT molecular complexity index is 608. The van der Waals surface area contributed by atoms with Gasteiger partial charge in [0.15, 0.2) is 0 Å². The summed E-state index contributed by atoms with van der Waals surface area (Å²) in [6, 6.07) is 6.09. The summed E-state index contributed by atoms with van der Waals surface area (Å²) in [7, 11) is 0. The first kappa shape index (κ1) is 14.3. The van der Waals surface area contributed by atoms with Crippen molar-refractivity contribution in [3.05, 3.63) is 45.5 Å². The zero-order chi connectivity index (χ0) is 14.0. The lowest BCUT2D eigenvalue weighted by Gasteiger charge is -2.11. The summed E-state index contributed by atoms with van der Waals surface area (Å²) < 4.78 is 29.0. The maximum absolute atomic E-state index is 12.3. The Morgan fingerprint density at radius 1 is 1.00 bits per heavy atom. The molecule has 0 aliphatic carbocycles. The molecule has 1 aromatic carbocycles. The molecule has 0 saturated carbocycles. The summed E-state index contributed by atoms with van der Waals surface area (Å²) in [5.41, 5.74) is 0.667. The van der Waals surface area contributed by atoms with E-state index in [2.05, 4.69) is 9.72 Å². The Balaban J connectivity index is 2.59. The number of hydrogen-bond donors (Lipinski definition) is 0. The highest BCUT2D eigenvalue weighted by atomic mass is 35.5. The van der Waals surface area contributed by atoms with E-state index in [-0.39, 0.29) is 16.5 Å². The molecule has 1 heterocycles. The minimum atomic E-state index is -3.00. The summed E-state index contributed by atoms with van der Waals surface area (Å²) in [5, 5.41) is 1.00. The second-order valence-corrected chi connectivity index (χ2v) is 4.79. The topological polar surface area (TPSA) is 22.1 Å². The van der Waals surface area contributed by atoms with Gasteiger partial charge in [-0.1, -0.05) is 34.8 Å². The largest absolute Gasteiger partial charge is 0.416 e. The molecule has 0 atom stereocenters. The standard InChI is InChI=1S/C12H6Cl3F2NO/c13-6-1-2-10(15)8(3-6)9-4-7(14)5-18-11(9)19-12(16)17/h1-5,12H. The van der Waals surface area contributed by atoms with Crippen molar-refractivity contribution in [1.82, 2.24) is 4.98 Å². The molecular weight excluding hydrogens is 318 g/mol. The lowest BCUT2D eigenvalue weighted by Crippen LogP contribution is -2.05. The van der Waals surface area contributed by atoms with Crippen LogP contribution in [0, 0.1) is 0 Å². The molecule has 2 rings (SSSR count). The van der Waals surface area contributed by atoms with Crippen molar-refractivity contribution in [2.45, 2.75) is 6.61 Å². The summed E-state index contributed by atoms with van der Waals surface area (Å²) in [4.78, 5) is 3.73. The number of aromatic nitrogens is 1. The van der Waals surface area contributed by atoms with Crippen LogP contribution in [0.15, 0.2) is 30.5 Å². The fourth-order valence-corrected chi connectivity index (χ4v) is 2.05. The van der Waals surface area contributed by atoms with E-state index in [1.165, 1.54) is 18.3 Å². The zero-order valence-electron chi connectivity index (χ0n) is 9.21. The first-order chi connectivity index (χ1) is 8.97. The maximum atomic E-state index is 12.3. The smallest absolute Gasteiger partial charge is 0.388 e. The van der Waals surface area contributed by atoms with E-state index in [0.717, 1.165) is 0 Å². The fraction of sp³-hybridized carbons (Fsp3) is 0.0833. The van der Waals surface area contributed by atoms with Crippen molar-refractivity contribution in [2.75, 3.05) is 0 Å². The predicted octanol–water partition coefficient (Wildman–Crippen LogP) is 5.31. The molecule has 2 aromatic rings. The second-order valence-electron chi connectivity index (χ2n) is 3.51. The molecule has 0 aliphatic heterocycles. The third-order valence-electron chi connectivity index (χ3n) is 2.24. The Hall–Kier alpha value is -1.10. The van der Waals surface area contributed by atoms with E-state index in [0.29, 0.717) is 15.6 Å². The van der Waals surface area contributed by atoms with Crippen molar-refractivity contribution in [1.29, 1.82) is 0 Å². The minimum Gasteiger partial charge on any atom is -0.416 e. The summed E-state index contributed by atoms with van der Waals surface area (Å²) in [5.74, 6) is -0.261. The molecule has 0 unspecified atom stereocenters. The van der Waals surface area contributed by atoms with E-state index in [1.54, 1.807) is 12.1 Å². The van der Waals surface area contributed by atoms with Crippen molar-refractivity contribution in [3.8, 4) is 17.0 Å². The average molecular weight is 325 g/mol. The van der Waals surface area contributed by atoms with Crippen LogP contribution in [0.4, 0.5) is 8.78 Å². The number of pyridine rings is 1. The second kappa shape index (κ2) is 5.90. The number of hydrogen-bond acceptors (Lipinski definition) is 2. The molecule has 2 nitrogen and oxygen atoms in total. The van der Waals surface area contributed by atoms with Crippen LogP contribution in [0.3, 0.4) is 0 Å². The van der Waals surface area contributed by atoms with Gasteiger partial charge in [-0.3, -0.25) is 0 Å². The molecule has 19 heavy (non-hydrogen) atoms. The maximum Gasteiger partial charge on any atom is 0.388 e. The van der Waals surface area contributed by atoms with Crippen LogP contribution in [0.2, 0.25) is 15.1 Å². The van der Waals surface area contributed by atoms with Crippen molar-refractivity contribution >= 4 is 34.8 Å². The Kier molecular flexibility index (Phi) is 4.45. The summed E-state index contributed by atoms with van der Waals surface area (Å²) in [6.07, 6.45) is 1.21. The van der Waals surface area contributed by atoms with E-state index in [4.69, 9.17) is 34.8 Å². The first-order valence-corrected chi connectivity index (χ1v) is 6.16. The molecule has 100 valence electrons. The molecule has 0 saturated heterocycles. The average Bonchev–Trinajstić information content (AvgIpc) is 2.34. The number of rotatable bonds is 3. The number of alkyl halides is 2. The number of benzene rings is 1. The van der Waals surface area contributed by atoms with Gasteiger partial charge < -0.3 is 4.74 Å². The quantitative estimate of drug-likeness (QED) is 0.763. The van der Waals surface area contributed by atoms with Gasteiger partial charge in [-0.25, -0.2) is 4.98 Å². The highest BCUT2D eigenvalue weighted by Crippen LogP contribution is 2.37. The van der Waals surface area contributed by atoms with Gasteiger partial charge in [0.05, 0.1) is 5.02 Å². The molecule has 0 fully saturated rings. The summed E-state index contributed by atoms with van der Waals surface area (Å²) in [6.45, 7) is -3.00.